The number of likely N-dealkylation sites (tertiary alicyclic amines) is 1. The molecule has 0 aliphatic carbocycles. The van der Waals surface area contributed by atoms with Crippen LogP contribution in [-0.2, 0) is 11.3 Å². The fourth-order valence-corrected chi connectivity index (χ4v) is 4.47. The molecule has 27 heavy (non-hydrogen) atoms. The van der Waals surface area contributed by atoms with E-state index in [2.05, 4.69) is 34.6 Å². The fourth-order valence-electron chi connectivity index (χ4n) is 4.47. The first-order valence-electron chi connectivity index (χ1n) is 10.3. The molecular weight excluding hydrogens is 336 g/mol. The van der Waals surface area contributed by atoms with Crippen LogP contribution in [-0.4, -0.2) is 65.4 Å². The van der Waals surface area contributed by atoms with E-state index in [1.807, 2.05) is 24.3 Å². The minimum Gasteiger partial charge on any atom is -0.336 e. The Morgan fingerprint density at radius 3 is 2.30 bits per heavy atom. The van der Waals surface area contributed by atoms with Gasteiger partial charge in [-0.25, -0.2) is 0 Å². The number of carbonyl (C=O) groups excluding carboxylic acids is 1. The molecule has 1 aromatic rings. The lowest BCUT2D eigenvalue weighted by Gasteiger charge is -2.40. The van der Waals surface area contributed by atoms with Crippen LogP contribution in [0.4, 0.5) is 0 Å². The number of rotatable bonds is 4. The van der Waals surface area contributed by atoms with Gasteiger partial charge in [0.05, 0.1) is 18.2 Å². The van der Waals surface area contributed by atoms with E-state index >= 15 is 0 Å². The normalized spacial score (nSPS) is 25.0. The Labute approximate surface area is 163 Å². The van der Waals surface area contributed by atoms with Crippen LogP contribution >= 0.6 is 0 Å². The van der Waals surface area contributed by atoms with E-state index in [4.69, 9.17) is 5.26 Å². The smallest absolute Gasteiger partial charge is 0.237 e. The Morgan fingerprint density at radius 1 is 1.00 bits per heavy atom. The highest BCUT2D eigenvalue weighted by Gasteiger charge is 2.30. The second-order valence-electron chi connectivity index (χ2n) is 8.14. The first kappa shape index (κ1) is 19.9. The number of benzene rings is 1. The minimum atomic E-state index is 0.301. The third-order valence-corrected chi connectivity index (χ3v) is 6.01. The first-order valence-corrected chi connectivity index (χ1v) is 10.3. The average molecular weight is 369 g/mol. The van der Waals surface area contributed by atoms with Crippen molar-refractivity contribution in [2.24, 2.45) is 0 Å². The maximum atomic E-state index is 12.9. The lowest BCUT2D eigenvalue weighted by Crippen LogP contribution is -2.51. The second kappa shape index (κ2) is 9.34. The Balaban J connectivity index is 1.50. The maximum Gasteiger partial charge on any atom is 0.237 e. The van der Waals surface area contributed by atoms with Gasteiger partial charge < -0.3 is 4.90 Å². The molecule has 2 fully saturated rings. The van der Waals surface area contributed by atoms with Crippen molar-refractivity contribution in [3.63, 3.8) is 0 Å². The van der Waals surface area contributed by atoms with E-state index in [1.54, 1.807) is 0 Å². The summed E-state index contributed by atoms with van der Waals surface area (Å²) in [5.74, 6) is 0.301. The van der Waals surface area contributed by atoms with Crippen LogP contribution < -0.4 is 0 Å². The quantitative estimate of drug-likeness (QED) is 0.820. The monoisotopic (exact) mass is 368 g/mol. The average Bonchev–Trinajstić information content (AvgIpc) is 2.87. The Bertz CT molecular complexity index is 656. The van der Waals surface area contributed by atoms with Crippen molar-refractivity contribution in [2.45, 2.75) is 58.2 Å². The van der Waals surface area contributed by atoms with Gasteiger partial charge in [-0.05, 0) is 70.3 Å². The van der Waals surface area contributed by atoms with Crippen molar-refractivity contribution in [2.75, 3.05) is 32.7 Å². The van der Waals surface area contributed by atoms with Crippen LogP contribution in [0.25, 0.3) is 0 Å². The molecule has 2 aliphatic heterocycles. The highest BCUT2D eigenvalue weighted by molar-refractivity contribution is 5.79. The minimum absolute atomic E-state index is 0.301. The van der Waals surface area contributed by atoms with E-state index in [9.17, 15) is 4.79 Å². The zero-order chi connectivity index (χ0) is 19.2. The number of hydrogen-bond donors (Lipinski definition) is 0. The number of piperidine rings is 1. The summed E-state index contributed by atoms with van der Waals surface area (Å²) in [4.78, 5) is 19.8. The summed E-state index contributed by atoms with van der Waals surface area (Å²) >= 11 is 0. The zero-order valence-electron chi connectivity index (χ0n) is 16.7. The van der Waals surface area contributed by atoms with Gasteiger partial charge in [0.1, 0.15) is 0 Å². The lowest BCUT2D eigenvalue weighted by molar-refractivity contribution is -0.138. The van der Waals surface area contributed by atoms with Crippen molar-refractivity contribution in [3.05, 3.63) is 35.4 Å². The molecule has 0 aromatic heterocycles. The van der Waals surface area contributed by atoms with Gasteiger partial charge in [-0.2, -0.15) is 5.26 Å². The van der Waals surface area contributed by atoms with Crippen LogP contribution in [0.15, 0.2) is 24.3 Å². The van der Waals surface area contributed by atoms with E-state index in [0.29, 0.717) is 30.1 Å². The molecule has 146 valence electrons. The molecule has 0 N–H and O–H groups in total. The number of hydrogen-bond acceptors (Lipinski definition) is 4. The number of amides is 1. The molecule has 1 aromatic carbocycles. The second-order valence-corrected chi connectivity index (χ2v) is 8.14. The number of carbonyl (C=O) groups is 1. The van der Waals surface area contributed by atoms with Crippen molar-refractivity contribution in [1.82, 2.24) is 14.7 Å². The van der Waals surface area contributed by atoms with Gasteiger partial charge in [-0.3, -0.25) is 14.6 Å². The van der Waals surface area contributed by atoms with Gasteiger partial charge in [0.25, 0.3) is 0 Å². The molecular formula is C22H32N4O. The summed E-state index contributed by atoms with van der Waals surface area (Å²) in [6.45, 7) is 9.82. The Morgan fingerprint density at radius 2 is 1.63 bits per heavy atom. The molecule has 2 saturated heterocycles. The van der Waals surface area contributed by atoms with Crippen molar-refractivity contribution in [1.29, 1.82) is 5.26 Å². The summed E-state index contributed by atoms with van der Waals surface area (Å²) in [6, 6.07) is 10.8. The zero-order valence-corrected chi connectivity index (χ0v) is 16.7. The predicted octanol–water partition coefficient (Wildman–Crippen LogP) is 2.86. The Hall–Kier alpha value is -1.90. The summed E-state index contributed by atoms with van der Waals surface area (Å²) in [7, 11) is 0. The van der Waals surface area contributed by atoms with Gasteiger partial charge in [0.2, 0.25) is 5.91 Å². The molecule has 0 spiro atoms. The third kappa shape index (κ3) is 5.31. The molecule has 2 unspecified atom stereocenters. The molecule has 2 atom stereocenters. The standard InChI is InChI=1S/C22H32N4O/c1-18-5-3-6-19(2)26(18)22(27)17-25-12-4-11-24(13-14-25)16-21-9-7-20(15-23)8-10-21/h7-10,18-19H,3-6,11-14,16-17H2,1-2H3. The van der Waals surface area contributed by atoms with Crippen LogP contribution in [0, 0.1) is 11.3 Å². The van der Waals surface area contributed by atoms with Gasteiger partial charge in [0.15, 0.2) is 0 Å². The van der Waals surface area contributed by atoms with Crippen LogP contribution in [0.3, 0.4) is 0 Å². The molecule has 5 nitrogen and oxygen atoms in total. The fraction of sp³-hybridized carbons (Fsp3) is 0.636. The first-order chi connectivity index (χ1) is 13.1. The predicted molar refractivity (Wildman–Crippen MR) is 107 cm³/mol. The van der Waals surface area contributed by atoms with Crippen LogP contribution in [0.1, 0.15) is 50.7 Å². The summed E-state index contributed by atoms with van der Waals surface area (Å²) in [6.07, 6.45) is 4.59. The number of nitrogens with zero attached hydrogens (tertiary/aromatic N) is 4. The van der Waals surface area contributed by atoms with Crippen molar-refractivity contribution < 1.29 is 4.79 Å². The van der Waals surface area contributed by atoms with E-state index in [-0.39, 0.29) is 0 Å². The summed E-state index contributed by atoms with van der Waals surface area (Å²) in [5.41, 5.74) is 1.95. The molecule has 2 aliphatic rings. The highest BCUT2D eigenvalue weighted by Crippen LogP contribution is 2.23. The van der Waals surface area contributed by atoms with Gasteiger partial charge in [0, 0.05) is 31.7 Å². The topological polar surface area (TPSA) is 50.6 Å². The molecule has 0 bridgehead atoms. The molecule has 5 heteroatoms. The molecule has 2 heterocycles. The van der Waals surface area contributed by atoms with Crippen molar-refractivity contribution >= 4 is 5.91 Å². The van der Waals surface area contributed by atoms with Crippen LogP contribution in [0.2, 0.25) is 0 Å². The van der Waals surface area contributed by atoms with Crippen LogP contribution in [0.5, 0.6) is 0 Å². The third-order valence-electron chi connectivity index (χ3n) is 6.01. The van der Waals surface area contributed by atoms with E-state index in [1.165, 1.54) is 12.0 Å². The molecule has 0 radical (unpaired) electrons. The van der Waals surface area contributed by atoms with Crippen molar-refractivity contribution in [3.8, 4) is 6.07 Å². The molecule has 3 rings (SSSR count). The molecule has 1 amide bonds. The maximum absolute atomic E-state index is 12.9. The summed E-state index contributed by atoms with van der Waals surface area (Å²) in [5, 5.41) is 8.92. The van der Waals surface area contributed by atoms with E-state index < -0.39 is 0 Å². The number of nitriles is 1. The highest BCUT2D eigenvalue weighted by atomic mass is 16.2. The summed E-state index contributed by atoms with van der Waals surface area (Å²) < 4.78 is 0. The van der Waals surface area contributed by atoms with Gasteiger partial charge >= 0.3 is 0 Å². The van der Waals surface area contributed by atoms with Gasteiger partial charge in [-0.1, -0.05) is 12.1 Å². The van der Waals surface area contributed by atoms with Gasteiger partial charge in [-0.15, -0.1) is 0 Å². The SMILES string of the molecule is CC1CCCC(C)N1C(=O)CN1CCCN(Cc2ccc(C#N)cc2)CC1. The van der Waals surface area contributed by atoms with E-state index in [0.717, 1.165) is 52.0 Å². The largest absolute Gasteiger partial charge is 0.336 e. The Kier molecular flexibility index (Phi) is 6.87. The lowest BCUT2D eigenvalue weighted by atomic mass is 9.97. The molecule has 0 saturated carbocycles.